The molecule has 0 bridgehead atoms. The molecule has 1 atom stereocenters. The Hall–Kier alpha value is -1.53. The normalized spacial score (nSPS) is 17.0. The zero-order valence-corrected chi connectivity index (χ0v) is 13.2. The molecule has 21 heavy (non-hydrogen) atoms. The third kappa shape index (κ3) is 4.22. The number of nitrogens with one attached hydrogen (secondary N) is 1. The molecule has 0 amide bonds. The highest BCUT2D eigenvalue weighted by molar-refractivity contribution is 5.28. The van der Waals surface area contributed by atoms with Crippen molar-refractivity contribution in [2.45, 2.75) is 51.5 Å². The van der Waals surface area contributed by atoms with E-state index in [9.17, 15) is 5.26 Å². The van der Waals surface area contributed by atoms with Crippen LogP contribution in [0.2, 0.25) is 0 Å². The van der Waals surface area contributed by atoms with Gasteiger partial charge in [0, 0.05) is 0 Å². The minimum atomic E-state index is -0.518. The number of ether oxygens (including phenoxy) is 1. The summed E-state index contributed by atoms with van der Waals surface area (Å²) >= 11 is 0. The van der Waals surface area contributed by atoms with Crippen LogP contribution in [0.3, 0.4) is 0 Å². The number of hydrogen-bond acceptors (Lipinski definition) is 3. The van der Waals surface area contributed by atoms with Crippen LogP contribution in [0.4, 0.5) is 0 Å². The van der Waals surface area contributed by atoms with Crippen LogP contribution >= 0.6 is 0 Å². The molecule has 0 aromatic heterocycles. The monoisotopic (exact) mass is 286 g/mol. The van der Waals surface area contributed by atoms with Crippen LogP contribution in [0.5, 0.6) is 5.75 Å². The molecule has 1 unspecified atom stereocenters. The van der Waals surface area contributed by atoms with Crippen molar-refractivity contribution in [2.24, 2.45) is 5.92 Å². The fourth-order valence-electron chi connectivity index (χ4n) is 2.70. The first-order valence-corrected chi connectivity index (χ1v) is 8.12. The van der Waals surface area contributed by atoms with Crippen molar-refractivity contribution >= 4 is 0 Å². The Balaban J connectivity index is 1.93. The minimum absolute atomic E-state index is 0.427. The van der Waals surface area contributed by atoms with Crippen molar-refractivity contribution in [3.63, 3.8) is 0 Å². The van der Waals surface area contributed by atoms with E-state index in [1.54, 1.807) is 0 Å². The molecule has 2 rings (SSSR count). The summed E-state index contributed by atoms with van der Waals surface area (Å²) in [7, 11) is 0. The molecular formula is C18H26N2O. The van der Waals surface area contributed by atoms with Gasteiger partial charge >= 0.3 is 0 Å². The van der Waals surface area contributed by atoms with E-state index in [4.69, 9.17) is 4.74 Å². The van der Waals surface area contributed by atoms with Crippen molar-refractivity contribution in [3.05, 3.63) is 29.8 Å². The smallest absolute Gasteiger partial charge is 0.143 e. The second-order valence-corrected chi connectivity index (χ2v) is 5.92. The molecule has 0 radical (unpaired) electrons. The summed E-state index contributed by atoms with van der Waals surface area (Å²) in [5.74, 6) is 1.29. The Kier molecular flexibility index (Phi) is 5.64. The Labute approximate surface area is 128 Å². The van der Waals surface area contributed by atoms with Gasteiger partial charge in [-0.05, 0) is 55.8 Å². The first-order valence-electron chi connectivity index (χ1n) is 8.12. The van der Waals surface area contributed by atoms with Gasteiger partial charge in [-0.15, -0.1) is 0 Å². The van der Waals surface area contributed by atoms with Gasteiger partial charge in [-0.3, -0.25) is 5.32 Å². The zero-order chi connectivity index (χ0) is 15.1. The van der Waals surface area contributed by atoms with E-state index < -0.39 is 5.54 Å². The fraction of sp³-hybridized carbons (Fsp3) is 0.611. The number of unbranched alkanes of at least 4 members (excludes halogenated alkanes) is 1. The molecule has 114 valence electrons. The lowest BCUT2D eigenvalue weighted by atomic mass is 9.96. The highest BCUT2D eigenvalue weighted by atomic mass is 16.5. The van der Waals surface area contributed by atoms with Gasteiger partial charge in [0.05, 0.1) is 6.07 Å². The maximum Gasteiger partial charge on any atom is 0.143 e. The van der Waals surface area contributed by atoms with E-state index in [1.165, 1.54) is 18.4 Å². The molecule has 0 spiro atoms. The van der Waals surface area contributed by atoms with Crippen molar-refractivity contribution in [2.75, 3.05) is 13.2 Å². The number of benzene rings is 1. The first-order chi connectivity index (χ1) is 10.2. The predicted molar refractivity (Wildman–Crippen MR) is 85.3 cm³/mol. The van der Waals surface area contributed by atoms with E-state index in [0.29, 0.717) is 12.5 Å². The van der Waals surface area contributed by atoms with E-state index in [2.05, 4.69) is 30.4 Å². The van der Waals surface area contributed by atoms with Gasteiger partial charge in [-0.25, -0.2) is 0 Å². The van der Waals surface area contributed by atoms with E-state index in [0.717, 1.165) is 31.6 Å². The average Bonchev–Trinajstić information content (AvgIpc) is 3.36. The molecule has 1 aromatic rings. The Morgan fingerprint density at radius 3 is 2.52 bits per heavy atom. The Morgan fingerprint density at radius 1 is 1.29 bits per heavy atom. The molecule has 1 fully saturated rings. The van der Waals surface area contributed by atoms with Crippen LogP contribution in [-0.2, 0) is 6.42 Å². The second kappa shape index (κ2) is 7.47. The van der Waals surface area contributed by atoms with Crippen molar-refractivity contribution in [1.29, 1.82) is 5.26 Å². The zero-order valence-electron chi connectivity index (χ0n) is 13.2. The Morgan fingerprint density at radius 2 is 2.00 bits per heavy atom. The molecule has 0 saturated heterocycles. The molecular weight excluding hydrogens is 260 g/mol. The third-order valence-electron chi connectivity index (χ3n) is 4.17. The molecule has 1 aliphatic carbocycles. The van der Waals surface area contributed by atoms with Crippen LogP contribution in [0.15, 0.2) is 24.3 Å². The van der Waals surface area contributed by atoms with Gasteiger partial charge in [-0.1, -0.05) is 32.4 Å². The second-order valence-electron chi connectivity index (χ2n) is 5.92. The molecule has 0 aliphatic heterocycles. The molecule has 1 aromatic carbocycles. The summed E-state index contributed by atoms with van der Waals surface area (Å²) in [5.41, 5.74) is 0.833. The fourth-order valence-corrected chi connectivity index (χ4v) is 2.70. The maximum atomic E-state index is 9.54. The van der Waals surface area contributed by atoms with Crippen LogP contribution in [0.1, 0.15) is 45.1 Å². The van der Waals surface area contributed by atoms with E-state index >= 15 is 0 Å². The standard InChI is InChI=1S/C18H26N2O/c1-3-5-6-15-7-11-17(12-8-15)21-14-18(13-19,20-4-2)16-9-10-16/h7-8,11-12,16,20H,3-6,9-10,14H2,1-2H3. The predicted octanol–water partition coefficient (Wildman–Crippen LogP) is 3.69. The SMILES string of the molecule is CCCCc1ccc(OCC(C#N)(NCC)C2CC2)cc1. The number of hydrogen-bond donors (Lipinski definition) is 1. The maximum absolute atomic E-state index is 9.54. The lowest BCUT2D eigenvalue weighted by Crippen LogP contribution is -2.50. The summed E-state index contributed by atoms with van der Waals surface area (Å²) in [6.07, 6.45) is 5.81. The van der Waals surface area contributed by atoms with Crippen molar-refractivity contribution in [1.82, 2.24) is 5.32 Å². The van der Waals surface area contributed by atoms with Gasteiger partial charge in [0.25, 0.3) is 0 Å². The van der Waals surface area contributed by atoms with Crippen molar-refractivity contribution in [3.8, 4) is 11.8 Å². The van der Waals surface area contributed by atoms with Crippen LogP contribution in [0.25, 0.3) is 0 Å². The summed E-state index contributed by atoms with van der Waals surface area (Å²) in [4.78, 5) is 0. The quantitative estimate of drug-likeness (QED) is 0.753. The van der Waals surface area contributed by atoms with Crippen molar-refractivity contribution < 1.29 is 4.74 Å². The van der Waals surface area contributed by atoms with Gasteiger partial charge in [0.15, 0.2) is 0 Å². The topological polar surface area (TPSA) is 45.0 Å². The van der Waals surface area contributed by atoms with E-state index in [1.807, 2.05) is 19.1 Å². The number of likely N-dealkylation sites (N-methyl/N-ethyl adjacent to an activating group) is 1. The summed E-state index contributed by atoms with van der Waals surface area (Å²) in [5, 5.41) is 12.9. The number of rotatable bonds is 9. The summed E-state index contributed by atoms with van der Waals surface area (Å²) < 4.78 is 5.89. The number of nitriles is 1. The van der Waals surface area contributed by atoms with Gasteiger partial charge in [0.2, 0.25) is 0 Å². The van der Waals surface area contributed by atoms with Gasteiger partial charge in [-0.2, -0.15) is 5.26 Å². The summed E-state index contributed by atoms with van der Waals surface area (Å²) in [6, 6.07) is 10.7. The molecule has 3 nitrogen and oxygen atoms in total. The lowest BCUT2D eigenvalue weighted by Gasteiger charge is -2.27. The molecule has 1 N–H and O–H groups in total. The van der Waals surface area contributed by atoms with Crippen LogP contribution < -0.4 is 10.1 Å². The minimum Gasteiger partial charge on any atom is -0.491 e. The van der Waals surface area contributed by atoms with Gasteiger partial charge < -0.3 is 4.74 Å². The molecule has 0 heterocycles. The average molecular weight is 286 g/mol. The largest absolute Gasteiger partial charge is 0.491 e. The Bertz CT molecular complexity index is 473. The van der Waals surface area contributed by atoms with Crippen LogP contribution in [-0.4, -0.2) is 18.7 Å². The highest BCUT2D eigenvalue weighted by Crippen LogP contribution is 2.39. The van der Waals surface area contributed by atoms with E-state index in [-0.39, 0.29) is 0 Å². The molecule has 3 heteroatoms. The summed E-state index contributed by atoms with van der Waals surface area (Å²) in [6.45, 7) is 5.47. The molecule has 1 saturated carbocycles. The highest BCUT2D eigenvalue weighted by Gasteiger charge is 2.46. The number of aryl methyl sites for hydroxylation is 1. The molecule has 1 aliphatic rings. The lowest BCUT2D eigenvalue weighted by molar-refractivity contribution is 0.204. The first kappa shape index (κ1) is 15.9. The van der Waals surface area contributed by atoms with Gasteiger partial charge in [0.1, 0.15) is 17.9 Å². The number of nitrogens with zero attached hydrogens (tertiary/aromatic N) is 1. The van der Waals surface area contributed by atoms with Crippen LogP contribution in [0, 0.1) is 17.2 Å². The third-order valence-corrected chi connectivity index (χ3v) is 4.17.